The average molecular weight is 347 g/mol. The van der Waals surface area contributed by atoms with Gasteiger partial charge in [0.1, 0.15) is 5.82 Å². The van der Waals surface area contributed by atoms with Crippen LogP contribution in [-0.2, 0) is 25.5 Å². The Kier molecular flexibility index (Phi) is 6.64. The summed E-state index contributed by atoms with van der Waals surface area (Å²) in [5.41, 5.74) is 0.643. The molecule has 1 aromatic rings. The molecular weight excluding hydrogens is 331 g/mol. The minimum Gasteiger partial charge on any atom is -0.465 e. The van der Waals surface area contributed by atoms with Gasteiger partial charge in [-0.25, -0.2) is 4.39 Å². The van der Waals surface area contributed by atoms with Crippen LogP contribution in [0.1, 0.15) is 19.4 Å². The third kappa shape index (κ3) is 4.59. The summed E-state index contributed by atoms with van der Waals surface area (Å²) in [6, 6.07) is 4.32. The van der Waals surface area contributed by atoms with E-state index in [-0.39, 0.29) is 24.1 Å². The van der Waals surface area contributed by atoms with E-state index in [9.17, 15) is 14.0 Å². The highest BCUT2D eigenvalue weighted by atomic mass is 79.9. The lowest BCUT2D eigenvalue weighted by molar-refractivity contribution is -0.161. The molecule has 0 saturated carbocycles. The molecule has 0 spiro atoms. The van der Waals surface area contributed by atoms with E-state index in [1.54, 1.807) is 13.8 Å². The van der Waals surface area contributed by atoms with Gasteiger partial charge in [0.25, 0.3) is 0 Å². The molecule has 0 aliphatic carbocycles. The Hall–Kier alpha value is -1.43. The van der Waals surface area contributed by atoms with E-state index in [2.05, 4.69) is 15.9 Å². The van der Waals surface area contributed by atoms with Crippen LogP contribution >= 0.6 is 15.9 Å². The average Bonchev–Trinajstić information content (AvgIpc) is 2.40. The van der Waals surface area contributed by atoms with Gasteiger partial charge in [0.15, 0.2) is 5.92 Å². The lowest BCUT2D eigenvalue weighted by Crippen LogP contribution is -2.30. The zero-order valence-electron chi connectivity index (χ0n) is 11.3. The molecule has 1 aromatic carbocycles. The molecule has 0 radical (unpaired) electrons. The second kappa shape index (κ2) is 7.99. The summed E-state index contributed by atoms with van der Waals surface area (Å²) >= 11 is 3.06. The van der Waals surface area contributed by atoms with Crippen LogP contribution in [-0.4, -0.2) is 25.2 Å². The third-order valence-corrected chi connectivity index (χ3v) is 3.17. The fourth-order valence-corrected chi connectivity index (χ4v) is 2.08. The second-order valence-corrected chi connectivity index (χ2v) is 4.86. The van der Waals surface area contributed by atoms with Crippen LogP contribution < -0.4 is 0 Å². The Bertz CT molecular complexity index is 472. The van der Waals surface area contributed by atoms with E-state index in [0.717, 1.165) is 0 Å². The Morgan fingerprint density at radius 2 is 1.75 bits per heavy atom. The van der Waals surface area contributed by atoms with Crippen molar-refractivity contribution in [3.63, 3.8) is 0 Å². The van der Waals surface area contributed by atoms with Crippen molar-refractivity contribution in [1.82, 2.24) is 0 Å². The molecule has 20 heavy (non-hydrogen) atoms. The quantitative estimate of drug-likeness (QED) is 0.587. The zero-order chi connectivity index (χ0) is 15.1. The SMILES string of the molecule is CCOC(=O)C(Cc1ccc(F)c(Br)c1)C(=O)OCC. The monoisotopic (exact) mass is 346 g/mol. The van der Waals surface area contributed by atoms with Gasteiger partial charge in [0.05, 0.1) is 17.7 Å². The molecule has 110 valence electrons. The van der Waals surface area contributed by atoms with Crippen LogP contribution in [0.4, 0.5) is 4.39 Å². The predicted octanol–water partition coefficient (Wildman–Crippen LogP) is 2.87. The van der Waals surface area contributed by atoms with Crippen LogP contribution in [0, 0.1) is 11.7 Å². The molecule has 0 bridgehead atoms. The van der Waals surface area contributed by atoms with Crippen molar-refractivity contribution in [1.29, 1.82) is 0 Å². The summed E-state index contributed by atoms with van der Waals surface area (Å²) in [6.07, 6.45) is 0.108. The first-order valence-corrected chi connectivity index (χ1v) is 7.06. The van der Waals surface area contributed by atoms with Gasteiger partial charge < -0.3 is 9.47 Å². The molecule has 0 amide bonds. The van der Waals surface area contributed by atoms with E-state index >= 15 is 0 Å². The first-order valence-electron chi connectivity index (χ1n) is 6.26. The normalized spacial score (nSPS) is 10.4. The van der Waals surface area contributed by atoms with Gasteiger partial charge >= 0.3 is 11.9 Å². The van der Waals surface area contributed by atoms with E-state index in [0.29, 0.717) is 5.56 Å². The molecule has 0 saturated heterocycles. The van der Waals surface area contributed by atoms with Crippen molar-refractivity contribution in [2.45, 2.75) is 20.3 Å². The number of rotatable bonds is 6. The van der Waals surface area contributed by atoms with Gasteiger partial charge in [-0.15, -0.1) is 0 Å². The highest BCUT2D eigenvalue weighted by Crippen LogP contribution is 2.20. The zero-order valence-corrected chi connectivity index (χ0v) is 12.9. The number of benzene rings is 1. The predicted molar refractivity (Wildman–Crippen MR) is 74.6 cm³/mol. The molecule has 0 unspecified atom stereocenters. The third-order valence-electron chi connectivity index (χ3n) is 2.57. The molecule has 0 atom stereocenters. The largest absolute Gasteiger partial charge is 0.465 e. The summed E-state index contributed by atoms with van der Waals surface area (Å²) in [4.78, 5) is 23.6. The maximum atomic E-state index is 13.2. The number of hydrogen-bond acceptors (Lipinski definition) is 4. The van der Waals surface area contributed by atoms with Crippen molar-refractivity contribution in [2.75, 3.05) is 13.2 Å². The van der Waals surface area contributed by atoms with Crippen LogP contribution in [0.3, 0.4) is 0 Å². The van der Waals surface area contributed by atoms with Crippen molar-refractivity contribution in [2.24, 2.45) is 5.92 Å². The summed E-state index contributed by atoms with van der Waals surface area (Å²) < 4.78 is 23.2. The Morgan fingerprint density at radius 1 is 1.20 bits per heavy atom. The number of halogens is 2. The maximum Gasteiger partial charge on any atom is 0.320 e. The Labute approximate surface area is 125 Å². The summed E-state index contributed by atoms with van der Waals surface area (Å²) in [7, 11) is 0. The highest BCUT2D eigenvalue weighted by Gasteiger charge is 2.29. The molecule has 1 rings (SSSR count). The fourth-order valence-electron chi connectivity index (χ4n) is 1.65. The lowest BCUT2D eigenvalue weighted by Gasteiger charge is -2.14. The maximum absolute atomic E-state index is 13.2. The van der Waals surface area contributed by atoms with E-state index in [1.165, 1.54) is 18.2 Å². The Morgan fingerprint density at radius 3 is 2.20 bits per heavy atom. The number of carbonyl (C=O) groups is 2. The topological polar surface area (TPSA) is 52.6 Å². The molecule has 4 nitrogen and oxygen atoms in total. The van der Waals surface area contributed by atoms with Crippen molar-refractivity contribution in [3.8, 4) is 0 Å². The standard InChI is InChI=1S/C14H16BrFO4/c1-3-19-13(17)10(14(18)20-4-2)7-9-5-6-12(16)11(15)8-9/h5-6,8,10H,3-4,7H2,1-2H3. The van der Waals surface area contributed by atoms with Gasteiger partial charge in [0.2, 0.25) is 0 Å². The highest BCUT2D eigenvalue weighted by molar-refractivity contribution is 9.10. The van der Waals surface area contributed by atoms with Crippen LogP contribution in [0.2, 0.25) is 0 Å². The molecule has 0 aromatic heterocycles. The first-order chi connectivity index (χ1) is 9.49. The summed E-state index contributed by atoms with van der Waals surface area (Å²) in [5.74, 6) is -2.71. The van der Waals surface area contributed by atoms with E-state index in [1.807, 2.05) is 0 Å². The van der Waals surface area contributed by atoms with Gasteiger partial charge in [-0.1, -0.05) is 6.07 Å². The molecule has 6 heteroatoms. The molecule has 0 aliphatic heterocycles. The van der Waals surface area contributed by atoms with Gasteiger partial charge in [-0.2, -0.15) is 0 Å². The molecule has 0 aliphatic rings. The number of ether oxygens (including phenoxy) is 2. The van der Waals surface area contributed by atoms with Crippen LogP contribution in [0.25, 0.3) is 0 Å². The molecule has 0 fully saturated rings. The minimum absolute atomic E-state index is 0.108. The van der Waals surface area contributed by atoms with E-state index in [4.69, 9.17) is 9.47 Å². The van der Waals surface area contributed by atoms with Gasteiger partial charge in [-0.05, 0) is 53.9 Å². The summed E-state index contributed by atoms with van der Waals surface area (Å²) in [5, 5.41) is 0. The Balaban J connectivity index is 2.90. The van der Waals surface area contributed by atoms with Gasteiger partial charge in [-0.3, -0.25) is 9.59 Å². The van der Waals surface area contributed by atoms with Crippen LogP contribution in [0.5, 0.6) is 0 Å². The number of esters is 2. The van der Waals surface area contributed by atoms with Gasteiger partial charge in [0, 0.05) is 0 Å². The molecule has 0 N–H and O–H groups in total. The van der Waals surface area contributed by atoms with Crippen LogP contribution in [0.15, 0.2) is 22.7 Å². The van der Waals surface area contributed by atoms with Crippen molar-refractivity contribution < 1.29 is 23.5 Å². The molecular formula is C14H16BrFO4. The van der Waals surface area contributed by atoms with E-state index < -0.39 is 23.7 Å². The smallest absolute Gasteiger partial charge is 0.320 e. The van der Waals surface area contributed by atoms with Crippen molar-refractivity contribution >= 4 is 27.9 Å². The lowest BCUT2D eigenvalue weighted by atomic mass is 9.99. The summed E-state index contributed by atoms with van der Waals surface area (Å²) in [6.45, 7) is 3.69. The minimum atomic E-state index is -1.03. The first kappa shape index (κ1) is 16.6. The van der Waals surface area contributed by atoms with Crippen molar-refractivity contribution in [3.05, 3.63) is 34.1 Å². The molecule has 0 heterocycles. The number of hydrogen-bond donors (Lipinski definition) is 0. The second-order valence-electron chi connectivity index (χ2n) is 4.01. The number of carbonyl (C=O) groups excluding carboxylic acids is 2. The fraction of sp³-hybridized carbons (Fsp3) is 0.429.